The van der Waals surface area contributed by atoms with Crippen LogP contribution < -0.4 is 4.90 Å². The minimum atomic E-state index is 0.532. The fourth-order valence-corrected chi connectivity index (χ4v) is 2.22. The summed E-state index contributed by atoms with van der Waals surface area (Å²) in [5, 5.41) is 0.532. The molecular weight excluding hydrogens is 210 g/mol. The highest BCUT2D eigenvalue weighted by atomic mass is 35.5. The number of hydrogen-bond donors (Lipinski definition) is 0. The van der Waals surface area contributed by atoms with E-state index in [2.05, 4.69) is 28.7 Å². The molecule has 3 nitrogen and oxygen atoms in total. The van der Waals surface area contributed by atoms with Crippen molar-refractivity contribution < 1.29 is 0 Å². The largest absolute Gasteiger partial charge is 0.356 e. The lowest BCUT2D eigenvalue weighted by Gasteiger charge is -2.17. The molecule has 1 saturated heterocycles. The molecule has 2 atom stereocenters. The number of rotatable bonds is 1. The van der Waals surface area contributed by atoms with E-state index in [1.165, 1.54) is 0 Å². The van der Waals surface area contributed by atoms with Crippen molar-refractivity contribution in [1.82, 2.24) is 9.97 Å². The maximum absolute atomic E-state index is 5.92. The standard InChI is InChI=1S/C11H16ClN3/c1-7-5-15(6-8(7)2)11-4-10(12)13-9(3)14-11/h4,7-8H,5-6H2,1-3H3. The van der Waals surface area contributed by atoms with E-state index in [0.29, 0.717) is 5.15 Å². The SMILES string of the molecule is Cc1nc(Cl)cc(N2CC(C)C(C)C2)n1. The second kappa shape index (κ2) is 3.97. The van der Waals surface area contributed by atoms with Crippen molar-refractivity contribution in [1.29, 1.82) is 0 Å². The summed E-state index contributed by atoms with van der Waals surface area (Å²) >= 11 is 5.92. The van der Waals surface area contributed by atoms with Crippen LogP contribution in [0, 0.1) is 18.8 Å². The Hall–Kier alpha value is -0.830. The van der Waals surface area contributed by atoms with Crippen LogP contribution in [0.3, 0.4) is 0 Å². The third-order valence-electron chi connectivity index (χ3n) is 3.11. The van der Waals surface area contributed by atoms with Crippen molar-refractivity contribution in [2.45, 2.75) is 20.8 Å². The molecule has 1 aromatic rings. The zero-order valence-corrected chi connectivity index (χ0v) is 10.1. The summed E-state index contributed by atoms with van der Waals surface area (Å²) in [6, 6.07) is 1.85. The first kappa shape index (κ1) is 10.7. The fraction of sp³-hybridized carbons (Fsp3) is 0.636. The third kappa shape index (κ3) is 2.23. The molecule has 1 aliphatic heterocycles. The number of anilines is 1. The van der Waals surface area contributed by atoms with Gasteiger partial charge in [-0.1, -0.05) is 25.4 Å². The number of nitrogens with zero attached hydrogens (tertiary/aromatic N) is 3. The van der Waals surface area contributed by atoms with Crippen LogP contribution in [0.5, 0.6) is 0 Å². The Kier molecular flexibility index (Phi) is 2.83. The molecule has 82 valence electrons. The number of aromatic nitrogens is 2. The highest BCUT2D eigenvalue weighted by Gasteiger charge is 2.27. The highest BCUT2D eigenvalue weighted by Crippen LogP contribution is 2.27. The van der Waals surface area contributed by atoms with Gasteiger partial charge >= 0.3 is 0 Å². The van der Waals surface area contributed by atoms with Gasteiger partial charge in [-0.05, 0) is 18.8 Å². The van der Waals surface area contributed by atoms with Crippen molar-refractivity contribution in [2.24, 2.45) is 11.8 Å². The summed E-state index contributed by atoms with van der Waals surface area (Å²) < 4.78 is 0. The first-order valence-electron chi connectivity index (χ1n) is 5.32. The van der Waals surface area contributed by atoms with Crippen LogP contribution in [0.2, 0.25) is 5.15 Å². The quantitative estimate of drug-likeness (QED) is 0.688. The fourth-order valence-electron chi connectivity index (χ4n) is 2.00. The van der Waals surface area contributed by atoms with Gasteiger partial charge in [0.1, 0.15) is 16.8 Å². The van der Waals surface area contributed by atoms with Crippen LogP contribution in [-0.4, -0.2) is 23.1 Å². The van der Waals surface area contributed by atoms with Gasteiger partial charge < -0.3 is 4.90 Å². The number of aryl methyl sites for hydroxylation is 1. The Morgan fingerprint density at radius 1 is 1.27 bits per heavy atom. The van der Waals surface area contributed by atoms with Gasteiger partial charge in [0, 0.05) is 19.2 Å². The highest BCUT2D eigenvalue weighted by molar-refractivity contribution is 6.29. The molecule has 0 aliphatic carbocycles. The Bertz CT molecular complexity index is 337. The van der Waals surface area contributed by atoms with E-state index in [9.17, 15) is 0 Å². The minimum Gasteiger partial charge on any atom is -0.356 e. The molecule has 15 heavy (non-hydrogen) atoms. The Morgan fingerprint density at radius 2 is 1.87 bits per heavy atom. The van der Waals surface area contributed by atoms with Gasteiger partial charge in [-0.3, -0.25) is 0 Å². The summed E-state index contributed by atoms with van der Waals surface area (Å²) in [4.78, 5) is 10.8. The molecule has 0 aromatic carbocycles. The van der Waals surface area contributed by atoms with Gasteiger partial charge in [0.25, 0.3) is 0 Å². The molecular formula is C11H16ClN3. The zero-order chi connectivity index (χ0) is 11.0. The second-order valence-corrected chi connectivity index (χ2v) is 4.84. The molecule has 1 fully saturated rings. The predicted octanol–water partition coefficient (Wildman–Crippen LogP) is 2.53. The van der Waals surface area contributed by atoms with Gasteiger partial charge in [-0.15, -0.1) is 0 Å². The van der Waals surface area contributed by atoms with Gasteiger partial charge in [0.2, 0.25) is 0 Å². The average Bonchev–Trinajstić information content (AvgIpc) is 2.45. The smallest absolute Gasteiger partial charge is 0.134 e. The normalized spacial score (nSPS) is 26.0. The monoisotopic (exact) mass is 225 g/mol. The third-order valence-corrected chi connectivity index (χ3v) is 3.30. The van der Waals surface area contributed by atoms with Crippen molar-refractivity contribution >= 4 is 17.4 Å². The molecule has 1 aliphatic rings. The molecule has 0 saturated carbocycles. The molecule has 0 N–H and O–H groups in total. The van der Waals surface area contributed by atoms with Crippen LogP contribution in [0.1, 0.15) is 19.7 Å². The van der Waals surface area contributed by atoms with Crippen LogP contribution >= 0.6 is 11.6 Å². The maximum atomic E-state index is 5.92. The lowest BCUT2D eigenvalue weighted by Crippen LogP contribution is -2.21. The Labute approximate surface area is 95.5 Å². The topological polar surface area (TPSA) is 29.0 Å². The summed E-state index contributed by atoms with van der Waals surface area (Å²) in [5.74, 6) is 3.14. The average molecular weight is 226 g/mol. The maximum Gasteiger partial charge on any atom is 0.134 e. The van der Waals surface area contributed by atoms with E-state index in [1.807, 2.05) is 13.0 Å². The molecule has 0 radical (unpaired) electrons. The first-order valence-corrected chi connectivity index (χ1v) is 5.70. The molecule has 0 amide bonds. The first-order chi connectivity index (χ1) is 7.06. The van der Waals surface area contributed by atoms with Crippen molar-refractivity contribution in [3.05, 3.63) is 17.0 Å². The van der Waals surface area contributed by atoms with Gasteiger partial charge in [-0.2, -0.15) is 0 Å². The Morgan fingerprint density at radius 3 is 2.40 bits per heavy atom. The molecule has 2 rings (SSSR count). The van der Waals surface area contributed by atoms with E-state index >= 15 is 0 Å². The molecule has 1 aromatic heterocycles. The van der Waals surface area contributed by atoms with E-state index in [4.69, 9.17) is 11.6 Å². The van der Waals surface area contributed by atoms with Crippen molar-refractivity contribution in [3.63, 3.8) is 0 Å². The summed E-state index contributed by atoms with van der Waals surface area (Å²) in [6.07, 6.45) is 0. The van der Waals surface area contributed by atoms with E-state index in [0.717, 1.165) is 36.6 Å². The van der Waals surface area contributed by atoms with Crippen molar-refractivity contribution in [3.8, 4) is 0 Å². The molecule has 0 spiro atoms. The Balaban J connectivity index is 2.23. The number of halogens is 1. The number of hydrogen-bond acceptors (Lipinski definition) is 3. The predicted molar refractivity (Wildman–Crippen MR) is 62.3 cm³/mol. The molecule has 4 heteroatoms. The van der Waals surface area contributed by atoms with E-state index in [1.54, 1.807) is 0 Å². The van der Waals surface area contributed by atoms with Crippen LogP contribution in [0.25, 0.3) is 0 Å². The van der Waals surface area contributed by atoms with Crippen LogP contribution in [0.15, 0.2) is 6.07 Å². The van der Waals surface area contributed by atoms with E-state index < -0.39 is 0 Å². The van der Waals surface area contributed by atoms with E-state index in [-0.39, 0.29) is 0 Å². The second-order valence-electron chi connectivity index (χ2n) is 4.46. The van der Waals surface area contributed by atoms with Gasteiger partial charge in [-0.25, -0.2) is 9.97 Å². The van der Waals surface area contributed by atoms with Gasteiger partial charge in [0.15, 0.2) is 0 Å². The van der Waals surface area contributed by atoms with Crippen LogP contribution in [-0.2, 0) is 0 Å². The molecule has 2 heterocycles. The lowest BCUT2D eigenvalue weighted by molar-refractivity contribution is 0.494. The minimum absolute atomic E-state index is 0.532. The van der Waals surface area contributed by atoms with Crippen molar-refractivity contribution in [2.75, 3.05) is 18.0 Å². The summed E-state index contributed by atoms with van der Waals surface area (Å²) in [7, 11) is 0. The molecule has 2 unspecified atom stereocenters. The van der Waals surface area contributed by atoms with Gasteiger partial charge in [0.05, 0.1) is 0 Å². The summed E-state index contributed by atoms with van der Waals surface area (Å²) in [5.41, 5.74) is 0. The zero-order valence-electron chi connectivity index (χ0n) is 9.37. The summed E-state index contributed by atoms with van der Waals surface area (Å²) in [6.45, 7) is 8.56. The van der Waals surface area contributed by atoms with Crippen LogP contribution in [0.4, 0.5) is 5.82 Å². The molecule has 0 bridgehead atoms. The lowest BCUT2D eigenvalue weighted by atomic mass is 10.0.